The van der Waals surface area contributed by atoms with E-state index < -0.39 is 0 Å². The van der Waals surface area contributed by atoms with E-state index in [4.69, 9.17) is 5.73 Å². The Labute approximate surface area is 64.0 Å². The van der Waals surface area contributed by atoms with Crippen molar-refractivity contribution in [2.24, 2.45) is 17.1 Å². The van der Waals surface area contributed by atoms with Crippen LogP contribution in [-0.4, -0.2) is 5.54 Å². The Kier molecular flexibility index (Phi) is 1.59. The molecule has 10 heavy (non-hydrogen) atoms. The van der Waals surface area contributed by atoms with Crippen molar-refractivity contribution < 1.29 is 0 Å². The monoisotopic (exact) mass is 141 g/mol. The van der Waals surface area contributed by atoms with Crippen LogP contribution in [0.3, 0.4) is 0 Å². The topological polar surface area (TPSA) is 26.0 Å². The molecule has 1 nitrogen and oxygen atoms in total. The molecular formula is C9H19N. The predicted molar refractivity (Wildman–Crippen MR) is 44.8 cm³/mol. The number of hydrogen-bond acceptors (Lipinski definition) is 1. The summed E-state index contributed by atoms with van der Waals surface area (Å²) in [7, 11) is 0. The molecule has 0 bridgehead atoms. The van der Waals surface area contributed by atoms with Crippen molar-refractivity contribution in [3.63, 3.8) is 0 Å². The first-order chi connectivity index (χ1) is 4.42. The van der Waals surface area contributed by atoms with Crippen LogP contribution in [0.4, 0.5) is 0 Å². The lowest BCUT2D eigenvalue weighted by molar-refractivity contribution is 0.278. The van der Waals surface area contributed by atoms with E-state index in [0.29, 0.717) is 5.41 Å². The zero-order valence-corrected chi connectivity index (χ0v) is 7.57. The largest absolute Gasteiger partial charge is 0.324 e. The summed E-state index contributed by atoms with van der Waals surface area (Å²) in [4.78, 5) is 0. The SMILES string of the molecule is CCC1CC1(N)C(C)(C)C. The third-order valence-corrected chi connectivity index (χ3v) is 3.04. The molecule has 0 radical (unpaired) electrons. The van der Waals surface area contributed by atoms with Crippen molar-refractivity contribution in [1.82, 2.24) is 0 Å². The van der Waals surface area contributed by atoms with Gasteiger partial charge in [0.25, 0.3) is 0 Å². The fraction of sp³-hybridized carbons (Fsp3) is 1.00. The molecule has 0 spiro atoms. The number of nitrogens with two attached hydrogens (primary N) is 1. The van der Waals surface area contributed by atoms with E-state index in [9.17, 15) is 0 Å². The molecule has 2 N–H and O–H groups in total. The molecule has 2 unspecified atom stereocenters. The standard InChI is InChI=1S/C9H19N/c1-5-7-6-9(7,10)8(2,3)4/h7H,5-6,10H2,1-4H3. The Morgan fingerprint density at radius 1 is 1.50 bits per heavy atom. The van der Waals surface area contributed by atoms with Gasteiger partial charge in [0.15, 0.2) is 0 Å². The maximum absolute atomic E-state index is 6.18. The van der Waals surface area contributed by atoms with E-state index in [0.717, 1.165) is 5.92 Å². The van der Waals surface area contributed by atoms with Crippen LogP contribution < -0.4 is 5.73 Å². The van der Waals surface area contributed by atoms with Gasteiger partial charge in [0, 0.05) is 5.54 Å². The molecule has 0 saturated heterocycles. The van der Waals surface area contributed by atoms with E-state index in [1.54, 1.807) is 0 Å². The first-order valence-electron chi connectivity index (χ1n) is 4.20. The summed E-state index contributed by atoms with van der Waals surface area (Å²) >= 11 is 0. The molecule has 1 aliphatic rings. The van der Waals surface area contributed by atoms with Crippen LogP contribution in [0.5, 0.6) is 0 Å². The highest BCUT2D eigenvalue weighted by atomic mass is 14.9. The van der Waals surface area contributed by atoms with Gasteiger partial charge in [-0.2, -0.15) is 0 Å². The molecule has 0 aromatic carbocycles. The summed E-state index contributed by atoms with van der Waals surface area (Å²) < 4.78 is 0. The number of hydrogen-bond donors (Lipinski definition) is 1. The lowest BCUT2D eigenvalue weighted by Gasteiger charge is -2.28. The molecular weight excluding hydrogens is 122 g/mol. The second kappa shape index (κ2) is 1.97. The van der Waals surface area contributed by atoms with Crippen LogP contribution in [0.25, 0.3) is 0 Å². The van der Waals surface area contributed by atoms with E-state index >= 15 is 0 Å². The zero-order chi connectivity index (χ0) is 7.99. The minimum absolute atomic E-state index is 0.155. The van der Waals surface area contributed by atoms with Gasteiger partial charge in [0.2, 0.25) is 0 Å². The van der Waals surface area contributed by atoms with E-state index in [1.165, 1.54) is 12.8 Å². The molecule has 1 fully saturated rings. The average Bonchev–Trinajstić information content (AvgIpc) is 2.41. The fourth-order valence-electron chi connectivity index (χ4n) is 1.78. The number of rotatable bonds is 1. The summed E-state index contributed by atoms with van der Waals surface area (Å²) in [6, 6.07) is 0. The van der Waals surface area contributed by atoms with Crippen molar-refractivity contribution in [3.8, 4) is 0 Å². The maximum atomic E-state index is 6.18. The molecule has 1 saturated carbocycles. The summed E-state index contributed by atoms with van der Waals surface area (Å²) in [5.41, 5.74) is 6.63. The Morgan fingerprint density at radius 3 is 2.10 bits per heavy atom. The van der Waals surface area contributed by atoms with Gasteiger partial charge in [0.05, 0.1) is 0 Å². The van der Waals surface area contributed by atoms with Crippen LogP contribution in [-0.2, 0) is 0 Å². The Morgan fingerprint density at radius 2 is 2.00 bits per heavy atom. The second-order valence-electron chi connectivity index (χ2n) is 4.60. The molecule has 1 aliphatic carbocycles. The average molecular weight is 141 g/mol. The highest BCUT2D eigenvalue weighted by Gasteiger charge is 2.56. The van der Waals surface area contributed by atoms with Gasteiger partial charge >= 0.3 is 0 Å². The maximum Gasteiger partial charge on any atom is 0.0235 e. The fourth-order valence-corrected chi connectivity index (χ4v) is 1.78. The quantitative estimate of drug-likeness (QED) is 0.595. The summed E-state index contributed by atoms with van der Waals surface area (Å²) in [5, 5.41) is 0. The molecule has 60 valence electrons. The van der Waals surface area contributed by atoms with Gasteiger partial charge in [-0.25, -0.2) is 0 Å². The van der Waals surface area contributed by atoms with Crippen LogP contribution in [0.1, 0.15) is 40.5 Å². The Balaban J connectivity index is 2.59. The summed E-state index contributed by atoms with van der Waals surface area (Å²) in [6.07, 6.45) is 2.47. The highest BCUT2D eigenvalue weighted by Crippen LogP contribution is 2.54. The van der Waals surface area contributed by atoms with Crippen molar-refractivity contribution in [3.05, 3.63) is 0 Å². The van der Waals surface area contributed by atoms with Crippen molar-refractivity contribution in [2.75, 3.05) is 0 Å². The normalized spacial score (nSPS) is 39.9. The second-order valence-corrected chi connectivity index (χ2v) is 4.60. The smallest absolute Gasteiger partial charge is 0.0235 e. The van der Waals surface area contributed by atoms with Gasteiger partial charge in [-0.1, -0.05) is 34.1 Å². The van der Waals surface area contributed by atoms with Gasteiger partial charge in [0.1, 0.15) is 0 Å². The molecule has 2 atom stereocenters. The molecule has 0 aromatic heterocycles. The van der Waals surface area contributed by atoms with Gasteiger partial charge in [-0.05, 0) is 17.8 Å². The van der Waals surface area contributed by atoms with E-state index in [-0.39, 0.29) is 5.54 Å². The molecule has 0 aromatic rings. The molecule has 1 heteroatoms. The first kappa shape index (κ1) is 8.06. The van der Waals surface area contributed by atoms with Crippen LogP contribution >= 0.6 is 0 Å². The Hall–Kier alpha value is -0.0400. The summed E-state index contributed by atoms with van der Waals surface area (Å²) in [5.74, 6) is 0.785. The lowest BCUT2D eigenvalue weighted by atomic mass is 9.83. The van der Waals surface area contributed by atoms with Crippen LogP contribution in [0.15, 0.2) is 0 Å². The van der Waals surface area contributed by atoms with Crippen molar-refractivity contribution in [1.29, 1.82) is 0 Å². The summed E-state index contributed by atoms with van der Waals surface area (Å²) in [6.45, 7) is 8.94. The highest BCUT2D eigenvalue weighted by molar-refractivity contribution is 5.13. The first-order valence-corrected chi connectivity index (χ1v) is 4.20. The minimum Gasteiger partial charge on any atom is -0.324 e. The van der Waals surface area contributed by atoms with Crippen molar-refractivity contribution >= 4 is 0 Å². The lowest BCUT2D eigenvalue weighted by Crippen LogP contribution is -2.39. The van der Waals surface area contributed by atoms with Gasteiger partial charge < -0.3 is 5.73 Å². The van der Waals surface area contributed by atoms with Crippen molar-refractivity contribution in [2.45, 2.75) is 46.1 Å². The van der Waals surface area contributed by atoms with Crippen LogP contribution in [0.2, 0.25) is 0 Å². The molecule has 1 rings (SSSR count). The Bertz CT molecular complexity index is 134. The van der Waals surface area contributed by atoms with Gasteiger partial charge in [-0.15, -0.1) is 0 Å². The van der Waals surface area contributed by atoms with E-state index in [1.807, 2.05) is 0 Å². The minimum atomic E-state index is 0.155. The third-order valence-electron chi connectivity index (χ3n) is 3.04. The predicted octanol–water partition coefficient (Wildman–Crippen LogP) is 2.16. The molecule has 0 amide bonds. The van der Waals surface area contributed by atoms with Crippen LogP contribution in [0, 0.1) is 11.3 Å². The van der Waals surface area contributed by atoms with E-state index in [2.05, 4.69) is 27.7 Å². The molecule has 0 aliphatic heterocycles. The zero-order valence-electron chi connectivity index (χ0n) is 7.57. The third kappa shape index (κ3) is 0.968. The molecule has 0 heterocycles. The van der Waals surface area contributed by atoms with Gasteiger partial charge in [-0.3, -0.25) is 0 Å².